The molecule has 0 bridgehead atoms. The van der Waals surface area contributed by atoms with Crippen molar-refractivity contribution in [1.29, 1.82) is 0 Å². The topological polar surface area (TPSA) is 76.2 Å². The first-order valence-electron chi connectivity index (χ1n) is 10.3. The van der Waals surface area contributed by atoms with Gasteiger partial charge in [0.1, 0.15) is 11.5 Å². The number of hydrogen-bond donors (Lipinski definition) is 2. The summed E-state index contributed by atoms with van der Waals surface area (Å²) in [5.41, 5.74) is 4.46. The molecule has 0 saturated carbocycles. The number of aromatic amines is 1. The number of nitrogens with zero attached hydrogens (tertiary/aromatic N) is 1. The highest BCUT2D eigenvalue weighted by Gasteiger charge is 2.15. The Kier molecular flexibility index (Phi) is 7.69. The largest absolute Gasteiger partial charge is 0.496 e. The molecular formula is C24H27Cl2N3O3. The number of methoxy groups -OCH3 is 1. The number of benzene rings is 2. The standard InChI is InChI=1S/C24H27Cl2N3O3/c1-13(2)19-12-17(6-8-22(19)31-5)32-24-20(25)10-16(11-21(24)26)27-23(30)9-7-18-14(3)28-29-15(18)4/h6,8,10-13H,7,9H2,1-5H3,(H,27,30)(H,28,29). The van der Waals surface area contributed by atoms with Gasteiger partial charge in [-0.1, -0.05) is 37.0 Å². The fourth-order valence-corrected chi connectivity index (χ4v) is 4.04. The zero-order valence-electron chi connectivity index (χ0n) is 18.8. The van der Waals surface area contributed by atoms with Crippen molar-refractivity contribution in [1.82, 2.24) is 10.2 Å². The molecule has 2 aromatic carbocycles. The molecule has 1 heterocycles. The second-order valence-electron chi connectivity index (χ2n) is 7.89. The van der Waals surface area contributed by atoms with Gasteiger partial charge in [-0.3, -0.25) is 9.89 Å². The van der Waals surface area contributed by atoms with E-state index in [-0.39, 0.29) is 11.8 Å². The zero-order valence-corrected chi connectivity index (χ0v) is 20.3. The third-order valence-electron chi connectivity index (χ3n) is 5.21. The number of hydrogen-bond acceptors (Lipinski definition) is 4. The van der Waals surface area contributed by atoms with Gasteiger partial charge in [-0.05, 0) is 62.1 Å². The van der Waals surface area contributed by atoms with Gasteiger partial charge in [0.25, 0.3) is 0 Å². The molecule has 32 heavy (non-hydrogen) atoms. The molecule has 0 atom stereocenters. The van der Waals surface area contributed by atoms with Crippen LogP contribution in [0, 0.1) is 13.8 Å². The molecule has 3 aromatic rings. The highest BCUT2D eigenvalue weighted by Crippen LogP contribution is 2.40. The number of rotatable bonds is 8. The van der Waals surface area contributed by atoms with Crippen molar-refractivity contribution >= 4 is 34.8 Å². The molecule has 6 nitrogen and oxygen atoms in total. The van der Waals surface area contributed by atoms with E-state index in [1.54, 1.807) is 25.3 Å². The Balaban J connectivity index is 1.71. The van der Waals surface area contributed by atoms with E-state index in [0.29, 0.717) is 40.1 Å². The Morgan fingerprint density at radius 3 is 2.41 bits per heavy atom. The number of aromatic nitrogens is 2. The molecule has 8 heteroatoms. The summed E-state index contributed by atoms with van der Waals surface area (Å²) in [6, 6.07) is 8.81. The molecule has 0 aliphatic carbocycles. The van der Waals surface area contributed by atoms with Crippen molar-refractivity contribution < 1.29 is 14.3 Å². The van der Waals surface area contributed by atoms with Gasteiger partial charge in [-0.25, -0.2) is 0 Å². The molecule has 0 aliphatic heterocycles. The molecule has 170 valence electrons. The van der Waals surface area contributed by atoms with Crippen LogP contribution in [0.3, 0.4) is 0 Å². The van der Waals surface area contributed by atoms with E-state index < -0.39 is 0 Å². The SMILES string of the molecule is COc1ccc(Oc2c(Cl)cc(NC(=O)CCc3c(C)n[nH]c3C)cc2Cl)cc1C(C)C. The third kappa shape index (κ3) is 5.56. The van der Waals surface area contributed by atoms with Crippen LogP contribution < -0.4 is 14.8 Å². The number of amides is 1. The van der Waals surface area contributed by atoms with E-state index in [2.05, 4.69) is 29.4 Å². The number of anilines is 1. The maximum absolute atomic E-state index is 12.4. The van der Waals surface area contributed by atoms with Crippen LogP contribution >= 0.6 is 23.2 Å². The summed E-state index contributed by atoms with van der Waals surface area (Å²) in [5.74, 6) is 1.84. The van der Waals surface area contributed by atoms with E-state index >= 15 is 0 Å². The molecule has 0 unspecified atom stereocenters. The van der Waals surface area contributed by atoms with Crippen molar-refractivity contribution in [2.24, 2.45) is 0 Å². The number of ether oxygens (including phenoxy) is 2. The first-order chi connectivity index (χ1) is 15.2. The number of carbonyl (C=O) groups excluding carboxylic acids is 1. The second-order valence-corrected chi connectivity index (χ2v) is 8.70. The highest BCUT2D eigenvalue weighted by atomic mass is 35.5. The van der Waals surface area contributed by atoms with Gasteiger partial charge in [-0.15, -0.1) is 0 Å². The van der Waals surface area contributed by atoms with Crippen molar-refractivity contribution in [3.63, 3.8) is 0 Å². The Bertz CT molecular complexity index is 1080. The lowest BCUT2D eigenvalue weighted by molar-refractivity contribution is -0.116. The minimum atomic E-state index is -0.137. The summed E-state index contributed by atoms with van der Waals surface area (Å²) < 4.78 is 11.4. The van der Waals surface area contributed by atoms with Gasteiger partial charge >= 0.3 is 0 Å². The molecular weight excluding hydrogens is 449 g/mol. The first-order valence-corrected chi connectivity index (χ1v) is 11.1. The molecule has 0 spiro atoms. The fourth-order valence-electron chi connectivity index (χ4n) is 3.48. The van der Waals surface area contributed by atoms with Gasteiger partial charge in [0.05, 0.1) is 22.8 Å². The number of carbonyl (C=O) groups is 1. The van der Waals surface area contributed by atoms with Gasteiger partial charge in [0, 0.05) is 23.4 Å². The highest BCUT2D eigenvalue weighted by molar-refractivity contribution is 6.37. The van der Waals surface area contributed by atoms with Crippen LogP contribution in [0.5, 0.6) is 17.2 Å². The predicted molar refractivity (Wildman–Crippen MR) is 129 cm³/mol. The molecule has 0 radical (unpaired) electrons. The summed E-state index contributed by atoms with van der Waals surface area (Å²) in [7, 11) is 1.64. The monoisotopic (exact) mass is 475 g/mol. The van der Waals surface area contributed by atoms with Gasteiger partial charge in [-0.2, -0.15) is 5.10 Å². The Morgan fingerprint density at radius 2 is 1.84 bits per heavy atom. The predicted octanol–water partition coefficient (Wildman–Crippen LogP) is 6.83. The van der Waals surface area contributed by atoms with E-state index in [1.165, 1.54) is 0 Å². The summed E-state index contributed by atoms with van der Waals surface area (Å²) in [6.07, 6.45) is 0.914. The molecule has 0 saturated heterocycles. The number of halogens is 2. The lowest BCUT2D eigenvalue weighted by atomic mass is 10.0. The van der Waals surface area contributed by atoms with Crippen LogP contribution in [0.4, 0.5) is 5.69 Å². The molecule has 0 aliphatic rings. The maximum Gasteiger partial charge on any atom is 0.224 e. The Labute approximate surface area is 198 Å². The van der Waals surface area contributed by atoms with Gasteiger partial charge < -0.3 is 14.8 Å². The Hall–Kier alpha value is -2.70. The first kappa shape index (κ1) is 24.0. The molecule has 2 N–H and O–H groups in total. The lowest BCUT2D eigenvalue weighted by Crippen LogP contribution is -2.12. The third-order valence-corrected chi connectivity index (χ3v) is 5.77. The van der Waals surface area contributed by atoms with E-state index in [1.807, 2.05) is 26.0 Å². The second kappa shape index (κ2) is 10.3. The van der Waals surface area contributed by atoms with Crippen LogP contribution in [-0.4, -0.2) is 23.2 Å². The average molecular weight is 476 g/mol. The van der Waals surface area contributed by atoms with E-state index in [4.69, 9.17) is 32.7 Å². The summed E-state index contributed by atoms with van der Waals surface area (Å²) in [6.45, 7) is 8.02. The van der Waals surface area contributed by atoms with Crippen molar-refractivity contribution in [2.75, 3.05) is 12.4 Å². The van der Waals surface area contributed by atoms with Crippen LogP contribution in [0.1, 0.15) is 48.7 Å². The number of aryl methyl sites for hydroxylation is 2. The Morgan fingerprint density at radius 1 is 1.16 bits per heavy atom. The van der Waals surface area contributed by atoms with Crippen LogP contribution in [0.15, 0.2) is 30.3 Å². The van der Waals surface area contributed by atoms with Crippen molar-refractivity contribution in [3.05, 3.63) is 62.9 Å². The fraction of sp³-hybridized carbons (Fsp3) is 0.333. The van der Waals surface area contributed by atoms with Crippen LogP contribution in [0.2, 0.25) is 10.0 Å². The van der Waals surface area contributed by atoms with Gasteiger partial charge in [0.15, 0.2) is 5.75 Å². The maximum atomic E-state index is 12.4. The van der Waals surface area contributed by atoms with Crippen LogP contribution in [-0.2, 0) is 11.2 Å². The smallest absolute Gasteiger partial charge is 0.224 e. The van der Waals surface area contributed by atoms with Gasteiger partial charge in [0.2, 0.25) is 5.91 Å². The number of H-pyrrole nitrogens is 1. The van der Waals surface area contributed by atoms with Crippen molar-refractivity contribution in [2.45, 2.75) is 46.5 Å². The average Bonchev–Trinajstić information content (AvgIpc) is 3.06. The summed E-state index contributed by atoms with van der Waals surface area (Å²) in [4.78, 5) is 12.4. The molecule has 1 amide bonds. The lowest BCUT2D eigenvalue weighted by Gasteiger charge is -2.16. The quantitative estimate of drug-likeness (QED) is 0.374. The van der Waals surface area contributed by atoms with E-state index in [9.17, 15) is 4.79 Å². The van der Waals surface area contributed by atoms with Crippen molar-refractivity contribution in [3.8, 4) is 17.2 Å². The zero-order chi connectivity index (χ0) is 23.4. The normalized spacial score (nSPS) is 11.0. The molecule has 0 fully saturated rings. The number of nitrogens with one attached hydrogen (secondary N) is 2. The van der Waals surface area contributed by atoms with E-state index in [0.717, 1.165) is 28.3 Å². The molecule has 3 rings (SSSR count). The minimum Gasteiger partial charge on any atom is -0.496 e. The molecule has 1 aromatic heterocycles. The minimum absolute atomic E-state index is 0.137. The summed E-state index contributed by atoms with van der Waals surface area (Å²) in [5, 5.41) is 10.5. The van der Waals surface area contributed by atoms with Crippen LogP contribution in [0.25, 0.3) is 0 Å². The summed E-state index contributed by atoms with van der Waals surface area (Å²) >= 11 is 12.9.